The third-order valence-corrected chi connectivity index (χ3v) is 4.33. The lowest BCUT2D eigenvalue weighted by Gasteiger charge is -2.18. The fourth-order valence-corrected chi connectivity index (χ4v) is 3.13. The Hall–Kier alpha value is -1.88. The second-order valence-electron chi connectivity index (χ2n) is 4.84. The van der Waals surface area contributed by atoms with Gasteiger partial charge in [0.25, 0.3) is 0 Å². The molecule has 0 saturated carbocycles. The van der Waals surface area contributed by atoms with Gasteiger partial charge in [0.15, 0.2) is 0 Å². The number of nitrogens with zero attached hydrogens (tertiary/aromatic N) is 2. The van der Waals surface area contributed by atoms with Gasteiger partial charge in [-0.25, -0.2) is 9.38 Å². The van der Waals surface area contributed by atoms with Gasteiger partial charge < -0.3 is 10.2 Å². The molecule has 1 aromatic heterocycles. The predicted molar refractivity (Wildman–Crippen MR) is 83.2 cm³/mol. The minimum atomic E-state index is -0.269. The van der Waals surface area contributed by atoms with Crippen molar-refractivity contribution in [3.8, 4) is 0 Å². The molecule has 0 aliphatic carbocycles. The monoisotopic (exact) mass is 289 g/mol. The summed E-state index contributed by atoms with van der Waals surface area (Å²) in [7, 11) is 2.00. The summed E-state index contributed by atoms with van der Waals surface area (Å²) in [4.78, 5) is 7.98. The number of hydrogen-bond donors (Lipinski definition) is 1. The summed E-state index contributed by atoms with van der Waals surface area (Å²) in [6.45, 7) is 5.00. The summed E-state index contributed by atoms with van der Waals surface area (Å²) >= 11 is 1.69. The molecule has 0 atom stereocenters. The second kappa shape index (κ2) is 4.90. The van der Waals surface area contributed by atoms with Gasteiger partial charge >= 0.3 is 0 Å². The van der Waals surface area contributed by atoms with Gasteiger partial charge in [0.1, 0.15) is 16.7 Å². The Morgan fingerprint density at radius 2 is 2.15 bits per heavy atom. The first-order valence-corrected chi connectivity index (χ1v) is 7.37. The smallest absolute Gasteiger partial charge is 0.139 e. The molecule has 0 unspecified atom stereocenters. The van der Waals surface area contributed by atoms with E-state index in [2.05, 4.69) is 35.1 Å². The first-order chi connectivity index (χ1) is 9.58. The maximum absolute atomic E-state index is 13.4. The molecular weight excluding hydrogens is 273 g/mol. The average Bonchev–Trinajstić information content (AvgIpc) is 2.71. The number of anilines is 2. The fourth-order valence-electron chi connectivity index (χ4n) is 2.21. The quantitative estimate of drug-likeness (QED) is 0.848. The largest absolute Gasteiger partial charge is 0.359 e. The second-order valence-corrected chi connectivity index (χ2v) is 6.09. The van der Waals surface area contributed by atoms with Crippen molar-refractivity contribution >= 4 is 33.5 Å². The van der Waals surface area contributed by atoms with Gasteiger partial charge in [-0.1, -0.05) is 0 Å². The highest BCUT2D eigenvalue weighted by atomic mass is 32.1. The molecule has 1 aromatic carbocycles. The summed E-state index contributed by atoms with van der Waals surface area (Å²) in [6.07, 6.45) is 0. The molecule has 0 bridgehead atoms. The summed E-state index contributed by atoms with van der Waals surface area (Å²) in [5, 5.41) is 4.43. The normalized spacial score (nSPS) is 12.9. The Bertz CT molecular complexity index is 690. The molecule has 2 heterocycles. The highest BCUT2D eigenvalue weighted by Crippen LogP contribution is 2.39. The van der Waals surface area contributed by atoms with Crippen molar-refractivity contribution in [2.75, 3.05) is 18.9 Å². The first-order valence-electron chi connectivity index (χ1n) is 6.55. The molecule has 2 aromatic rings. The molecule has 0 spiro atoms. The maximum atomic E-state index is 13.4. The van der Waals surface area contributed by atoms with Crippen molar-refractivity contribution in [3.05, 3.63) is 40.5 Å². The number of nitrogens with one attached hydrogen (secondary N) is 1. The van der Waals surface area contributed by atoms with E-state index < -0.39 is 0 Å². The number of aryl methyl sites for hydroxylation is 1. The van der Waals surface area contributed by atoms with Crippen LogP contribution in [0.25, 0.3) is 0 Å². The van der Waals surface area contributed by atoms with Gasteiger partial charge in [0, 0.05) is 24.5 Å². The molecular formula is C15H16FN3S. The minimum absolute atomic E-state index is 0.269. The molecule has 20 heavy (non-hydrogen) atoms. The molecule has 0 amide bonds. The Kier molecular flexibility index (Phi) is 3.22. The van der Waals surface area contributed by atoms with E-state index in [-0.39, 0.29) is 5.82 Å². The summed E-state index contributed by atoms with van der Waals surface area (Å²) < 4.78 is 13.4. The number of aliphatic imine (C=N–C) groups is 1. The van der Waals surface area contributed by atoms with Gasteiger partial charge in [-0.3, -0.25) is 0 Å². The van der Waals surface area contributed by atoms with E-state index in [1.54, 1.807) is 17.4 Å². The Morgan fingerprint density at radius 3 is 2.90 bits per heavy atom. The van der Waals surface area contributed by atoms with Crippen molar-refractivity contribution in [2.24, 2.45) is 4.99 Å². The van der Waals surface area contributed by atoms with Crippen LogP contribution >= 0.6 is 11.3 Å². The standard InChI is InChI=1S/C15H16FN3S/c1-4-19(3)14-11-7-9(2)20-15(11)18-12-6-5-10(16)8-13(12)17-14/h5-8,18H,4H2,1-3H3. The van der Waals surface area contributed by atoms with Crippen LogP contribution in [-0.2, 0) is 0 Å². The number of thiophene rings is 1. The van der Waals surface area contributed by atoms with Crippen LogP contribution in [0.2, 0.25) is 0 Å². The van der Waals surface area contributed by atoms with E-state index in [1.165, 1.54) is 17.0 Å². The number of hydrogen-bond acceptors (Lipinski definition) is 4. The van der Waals surface area contributed by atoms with E-state index >= 15 is 0 Å². The van der Waals surface area contributed by atoms with Crippen molar-refractivity contribution < 1.29 is 4.39 Å². The Labute approximate surface area is 121 Å². The zero-order chi connectivity index (χ0) is 14.3. The van der Waals surface area contributed by atoms with Crippen LogP contribution in [0, 0.1) is 12.7 Å². The van der Waals surface area contributed by atoms with Crippen LogP contribution in [0.4, 0.5) is 20.8 Å². The van der Waals surface area contributed by atoms with Crippen molar-refractivity contribution in [1.29, 1.82) is 0 Å². The van der Waals surface area contributed by atoms with Gasteiger partial charge in [-0.05, 0) is 32.0 Å². The molecule has 0 saturated heterocycles. The van der Waals surface area contributed by atoms with E-state index in [0.29, 0.717) is 5.69 Å². The summed E-state index contributed by atoms with van der Waals surface area (Å²) in [5.74, 6) is 0.609. The van der Waals surface area contributed by atoms with Crippen LogP contribution in [0.3, 0.4) is 0 Å². The molecule has 0 radical (unpaired) electrons. The van der Waals surface area contributed by atoms with Crippen LogP contribution in [0.5, 0.6) is 0 Å². The van der Waals surface area contributed by atoms with Crippen LogP contribution in [-0.4, -0.2) is 24.3 Å². The third kappa shape index (κ3) is 2.18. The number of amidine groups is 1. The number of rotatable bonds is 1. The fraction of sp³-hybridized carbons (Fsp3) is 0.267. The molecule has 104 valence electrons. The molecule has 1 aliphatic heterocycles. The van der Waals surface area contributed by atoms with Gasteiger partial charge in [-0.15, -0.1) is 11.3 Å². The van der Waals surface area contributed by atoms with E-state index in [9.17, 15) is 4.39 Å². The van der Waals surface area contributed by atoms with Crippen molar-refractivity contribution in [2.45, 2.75) is 13.8 Å². The topological polar surface area (TPSA) is 27.6 Å². The van der Waals surface area contributed by atoms with E-state index in [1.807, 2.05) is 7.05 Å². The van der Waals surface area contributed by atoms with Crippen molar-refractivity contribution in [1.82, 2.24) is 4.90 Å². The molecule has 3 rings (SSSR count). The zero-order valence-corrected chi connectivity index (χ0v) is 12.5. The minimum Gasteiger partial charge on any atom is -0.359 e. The Morgan fingerprint density at radius 1 is 1.35 bits per heavy atom. The van der Waals surface area contributed by atoms with Crippen LogP contribution in [0.15, 0.2) is 29.3 Å². The lowest BCUT2D eigenvalue weighted by molar-refractivity contribution is 0.537. The SMILES string of the molecule is CCN(C)C1=Nc2cc(F)ccc2Nc2sc(C)cc21. The summed E-state index contributed by atoms with van der Waals surface area (Å²) in [5.41, 5.74) is 2.56. The molecule has 3 nitrogen and oxygen atoms in total. The number of fused-ring (bicyclic) bond motifs is 2. The lowest BCUT2D eigenvalue weighted by atomic mass is 10.2. The van der Waals surface area contributed by atoms with Gasteiger partial charge in [0.05, 0.1) is 16.9 Å². The van der Waals surface area contributed by atoms with Gasteiger partial charge in [-0.2, -0.15) is 0 Å². The predicted octanol–water partition coefficient (Wildman–Crippen LogP) is 4.28. The highest BCUT2D eigenvalue weighted by Gasteiger charge is 2.21. The van der Waals surface area contributed by atoms with Crippen LogP contribution in [0.1, 0.15) is 17.4 Å². The highest BCUT2D eigenvalue weighted by molar-refractivity contribution is 7.16. The van der Waals surface area contributed by atoms with E-state index in [4.69, 9.17) is 0 Å². The van der Waals surface area contributed by atoms with Crippen LogP contribution < -0.4 is 5.32 Å². The molecule has 1 aliphatic rings. The number of benzene rings is 1. The molecule has 1 N–H and O–H groups in total. The zero-order valence-electron chi connectivity index (χ0n) is 11.7. The first kappa shape index (κ1) is 13.1. The Balaban J connectivity index is 2.22. The average molecular weight is 289 g/mol. The molecule has 0 fully saturated rings. The van der Waals surface area contributed by atoms with Gasteiger partial charge in [0.2, 0.25) is 0 Å². The van der Waals surface area contributed by atoms with E-state index in [0.717, 1.165) is 28.6 Å². The van der Waals surface area contributed by atoms with Crippen molar-refractivity contribution in [3.63, 3.8) is 0 Å². The summed E-state index contributed by atoms with van der Waals surface area (Å²) in [6, 6.07) is 6.79. The lowest BCUT2D eigenvalue weighted by Crippen LogP contribution is -2.26. The molecule has 5 heteroatoms. The third-order valence-electron chi connectivity index (χ3n) is 3.37. The maximum Gasteiger partial charge on any atom is 0.139 e. The number of halogens is 1.